The van der Waals surface area contributed by atoms with Crippen LogP contribution in [0.1, 0.15) is 0 Å². The quantitative estimate of drug-likeness (QED) is 0.190. The molecule has 7 nitrogen and oxygen atoms in total. The fourth-order valence-corrected chi connectivity index (χ4v) is 0.573. The molecule has 0 aliphatic rings. The van der Waals surface area contributed by atoms with E-state index in [-0.39, 0.29) is 19.1 Å². The number of carbonyl (C=O) groups excluding carboxylic acids is 2. The Balaban J connectivity index is 3.71. The third kappa shape index (κ3) is 8.28. The maximum atomic E-state index is 10.9. The van der Waals surface area contributed by atoms with Crippen LogP contribution in [-0.4, -0.2) is 38.2 Å². The summed E-state index contributed by atoms with van der Waals surface area (Å²) < 4.78 is 8.90. The van der Waals surface area contributed by atoms with Gasteiger partial charge in [0.05, 0.1) is 13.7 Å². The zero-order valence-electron chi connectivity index (χ0n) is 8.30. The van der Waals surface area contributed by atoms with Crippen LogP contribution in [0.4, 0.5) is 0 Å². The van der Waals surface area contributed by atoms with Gasteiger partial charge in [0, 0.05) is 12.2 Å². The molecule has 0 aliphatic heterocycles. The number of ether oxygens (including phenoxy) is 2. The van der Waals surface area contributed by atoms with Gasteiger partial charge >= 0.3 is 11.9 Å². The third-order valence-electron chi connectivity index (χ3n) is 1.19. The van der Waals surface area contributed by atoms with Gasteiger partial charge in [-0.15, -0.1) is 0 Å². The predicted molar refractivity (Wildman–Crippen MR) is 52.8 cm³/mol. The Morgan fingerprint density at radius 1 is 1.27 bits per heavy atom. The lowest BCUT2D eigenvalue weighted by Crippen LogP contribution is -2.23. The van der Waals surface area contributed by atoms with Crippen LogP contribution in [-0.2, 0) is 19.1 Å². The lowest BCUT2D eigenvalue weighted by Gasteiger charge is -1.98. The Hall–Kier alpha value is -2.05. The van der Waals surface area contributed by atoms with Crippen molar-refractivity contribution < 1.29 is 19.1 Å². The number of esters is 2. The molecule has 4 N–H and O–H groups in total. The summed E-state index contributed by atoms with van der Waals surface area (Å²) in [6.45, 7) is 0.225. The van der Waals surface area contributed by atoms with E-state index in [0.29, 0.717) is 0 Å². The molecule has 0 aliphatic carbocycles. The van der Waals surface area contributed by atoms with Gasteiger partial charge in [-0.1, -0.05) is 0 Å². The molecule has 0 rings (SSSR count). The SMILES string of the molecule is COC(=O)C=CC(=O)OCCN=C(N)N. The molecule has 0 radical (unpaired) electrons. The van der Waals surface area contributed by atoms with Gasteiger partial charge in [0.15, 0.2) is 5.96 Å². The summed E-state index contributed by atoms with van der Waals surface area (Å²) >= 11 is 0. The average Bonchev–Trinajstić information content (AvgIpc) is 2.20. The second kappa shape index (κ2) is 7.36. The Morgan fingerprint density at radius 3 is 2.40 bits per heavy atom. The normalized spacial score (nSPS) is 9.67. The van der Waals surface area contributed by atoms with Crippen LogP contribution in [0.3, 0.4) is 0 Å². The highest BCUT2D eigenvalue weighted by molar-refractivity contribution is 5.91. The second-order valence-corrected chi connectivity index (χ2v) is 2.33. The van der Waals surface area contributed by atoms with Gasteiger partial charge < -0.3 is 20.9 Å². The Labute approximate surface area is 86.7 Å². The van der Waals surface area contributed by atoms with Crippen molar-refractivity contribution >= 4 is 17.9 Å². The van der Waals surface area contributed by atoms with Crippen molar-refractivity contribution in [2.24, 2.45) is 16.5 Å². The molecule has 0 spiro atoms. The first-order valence-electron chi connectivity index (χ1n) is 4.04. The Bertz CT molecular complexity index is 282. The van der Waals surface area contributed by atoms with Crippen molar-refractivity contribution in [3.05, 3.63) is 12.2 Å². The number of guanidine groups is 1. The molecule has 15 heavy (non-hydrogen) atoms. The maximum Gasteiger partial charge on any atom is 0.331 e. The highest BCUT2D eigenvalue weighted by Crippen LogP contribution is 1.84. The van der Waals surface area contributed by atoms with Crippen LogP contribution < -0.4 is 11.5 Å². The van der Waals surface area contributed by atoms with Gasteiger partial charge in [0.1, 0.15) is 6.61 Å². The Morgan fingerprint density at radius 2 is 1.87 bits per heavy atom. The van der Waals surface area contributed by atoms with Crippen LogP contribution in [0.15, 0.2) is 17.1 Å². The summed E-state index contributed by atoms with van der Waals surface area (Å²) in [7, 11) is 1.21. The first kappa shape index (κ1) is 12.9. The van der Waals surface area contributed by atoms with E-state index in [2.05, 4.69) is 14.5 Å². The van der Waals surface area contributed by atoms with Crippen molar-refractivity contribution in [2.45, 2.75) is 0 Å². The standard InChI is InChI=1S/C8H13N3O4/c1-14-6(12)2-3-7(13)15-5-4-11-8(9)10/h2-3H,4-5H2,1H3,(H4,9,10,11). The van der Waals surface area contributed by atoms with Gasteiger partial charge in [0.2, 0.25) is 0 Å². The number of nitrogens with zero attached hydrogens (tertiary/aromatic N) is 1. The molecule has 0 saturated heterocycles. The molecule has 0 atom stereocenters. The highest BCUT2D eigenvalue weighted by atomic mass is 16.5. The van der Waals surface area contributed by atoms with Crippen molar-refractivity contribution in [1.29, 1.82) is 0 Å². The summed E-state index contributed by atoms with van der Waals surface area (Å²) in [4.78, 5) is 25.0. The fraction of sp³-hybridized carbons (Fsp3) is 0.375. The molecule has 84 valence electrons. The zero-order valence-corrected chi connectivity index (χ0v) is 8.30. The minimum atomic E-state index is -0.661. The number of nitrogens with two attached hydrogens (primary N) is 2. The van der Waals surface area contributed by atoms with Crippen molar-refractivity contribution in [3.63, 3.8) is 0 Å². The van der Waals surface area contributed by atoms with E-state index in [4.69, 9.17) is 11.5 Å². The number of hydrogen-bond donors (Lipinski definition) is 2. The number of methoxy groups -OCH3 is 1. The minimum Gasteiger partial charge on any atom is -0.466 e. The smallest absolute Gasteiger partial charge is 0.331 e. The maximum absolute atomic E-state index is 10.9. The predicted octanol–water partition coefficient (Wildman–Crippen LogP) is -1.47. The number of rotatable bonds is 5. The summed E-state index contributed by atoms with van der Waals surface area (Å²) in [6, 6.07) is 0. The molecule has 0 aromatic heterocycles. The second-order valence-electron chi connectivity index (χ2n) is 2.33. The van der Waals surface area contributed by atoms with E-state index >= 15 is 0 Å². The van der Waals surface area contributed by atoms with Gasteiger partial charge in [-0.05, 0) is 0 Å². The molecular weight excluding hydrogens is 202 g/mol. The minimum absolute atomic E-state index is 0.0439. The number of carbonyl (C=O) groups is 2. The van der Waals surface area contributed by atoms with Crippen molar-refractivity contribution in [3.8, 4) is 0 Å². The third-order valence-corrected chi connectivity index (χ3v) is 1.19. The molecular formula is C8H13N3O4. The number of hydrogen-bond acceptors (Lipinski definition) is 5. The molecule has 0 heterocycles. The number of aliphatic imine (C=N–C) groups is 1. The lowest BCUT2D eigenvalue weighted by molar-refractivity contribution is -0.139. The van der Waals surface area contributed by atoms with E-state index < -0.39 is 11.9 Å². The molecule has 0 fully saturated rings. The lowest BCUT2D eigenvalue weighted by atomic mass is 10.5. The monoisotopic (exact) mass is 215 g/mol. The fourth-order valence-electron chi connectivity index (χ4n) is 0.573. The van der Waals surface area contributed by atoms with Crippen LogP contribution in [0.5, 0.6) is 0 Å². The van der Waals surface area contributed by atoms with Gasteiger partial charge in [-0.3, -0.25) is 4.99 Å². The van der Waals surface area contributed by atoms with Gasteiger partial charge in [-0.2, -0.15) is 0 Å². The topological polar surface area (TPSA) is 117 Å². The van der Waals surface area contributed by atoms with E-state index in [1.54, 1.807) is 0 Å². The van der Waals surface area contributed by atoms with E-state index in [9.17, 15) is 9.59 Å². The molecule has 7 heteroatoms. The molecule has 0 aromatic rings. The van der Waals surface area contributed by atoms with Crippen LogP contribution in [0, 0.1) is 0 Å². The van der Waals surface area contributed by atoms with Crippen molar-refractivity contribution in [2.75, 3.05) is 20.3 Å². The van der Waals surface area contributed by atoms with Crippen molar-refractivity contribution in [1.82, 2.24) is 0 Å². The van der Waals surface area contributed by atoms with Crippen LogP contribution in [0.2, 0.25) is 0 Å². The summed E-state index contributed by atoms with van der Waals surface area (Å²) in [6.07, 6.45) is 1.92. The summed E-state index contributed by atoms with van der Waals surface area (Å²) in [5.41, 5.74) is 10.1. The van der Waals surface area contributed by atoms with Crippen LogP contribution >= 0.6 is 0 Å². The molecule has 0 unspecified atom stereocenters. The summed E-state index contributed by atoms with van der Waals surface area (Å²) in [5.74, 6) is -1.36. The zero-order chi connectivity index (χ0) is 11.7. The molecule has 0 bridgehead atoms. The first-order valence-corrected chi connectivity index (χ1v) is 4.04. The molecule has 0 aromatic carbocycles. The average molecular weight is 215 g/mol. The molecule has 0 amide bonds. The summed E-state index contributed by atoms with van der Waals surface area (Å²) in [5, 5.41) is 0. The van der Waals surface area contributed by atoms with E-state index in [1.165, 1.54) is 7.11 Å². The first-order chi connectivity index (χ1) is 7.06. The Kier molecular flexibility index (Phi) is 6.36. The van der Waals surface area contributed by atoms with Gasteiger partial charge in [0.25, 0.3) is 0 Å². The largest absolute Gasteiger partial charge is 0.466 e. The van der Waals surface area contributed by atoms with E-state index in [1.807, 2.05) is 0 Å². The molecule has 0 saturated carbocycles. The highest BCUT2D eigenvalue weighted by Gasteiger charge is 1.98. The van der Waals surface area contributed by atoms with Gasteiger partial charge in [-0.25, -0.2) is 9.59 Å². The van der Waals surface area contributed by atoms with Crippen LogP contribution in [0.25, 0.3) is 0 Å². The van der Waals surface area contributed by atoms with E-state index in [0.717, 1.165) is 12.2 Å².